The standard InChI is InChI=1S/C11H13BrO3S/c1-15-11(14)10(6-7-13)16-9-4-2-8(12)3-5-9/h2-5,10,13H,6-7H2,1H3/t10-/m1/s1. The molecule has 0 aliphatic heterocycles. The van der Waals surface area contributed by atoms with Crippen LogP contribution in [0.2, 0.25) is 0 Å². The Labute approximate surface area is 107 Å². The zero-order valence-corrected chi connectivity index (χ0v) is 11.3. The van der Waals surface area contributed by atoms with Crippen LogP contribution in [-0.4, -0.2) is 30.0 Å². The third-order valence-electron chi connectivity index (χ3n) is 1.95. The maximum absolute atomic E-state index is 11.4. The lowest BCUT2D eigenvalue weighted by Gasteiger charge is -2.12. The van der Waals surface area contributed by atoms with Gasteiger partial charge < -0.3 is 9.84 Å². The predicted octanol–water partition coefficient (Wildman–Crippen LogP) is 2.47. The first-order valence-electron chi connectivity index (χ1n) is 4.78. The number of ether oxygens (including phenoxy) is 1. The van der Waals surface area contributed by atoms with E-state index in [0.29, 0.717) is 6.42 Å². The molecule has 0 spiro atoms. The van der Waals surface area contributed by atoms with E-state index in [1.165, 1.54) is 18.9 Å². The Hall–Kier alpha value is -0.520. The van der Waals surface area contributed by atoms with E-state index in [0.717, 1.165) is 9.37 Å². The third kappa shape index (κ3) is 4.15. The molecule has 0 aromatic heterocycles. The molecular weight excluding hydrogens is 292 g/mol. The Morgan fingerprint density at radius 3 is 2.62 bits per heavy atom. The molecule has 0 aliphatic rings. The first kappa shape index (κ1) is 13.5. The Morgan fingerprint density at radius 2 is 2.12 bits per heavy atom. The van der Waals surface area contributed by atoms with E-state index in [9.17, 15) is 4.79 Å². The van der Waals surface area contributed by atoms with Gasteiger partial charge in [0.05, 0.1) is 7.11 Å². The molecule has 0 aliphatic carbocycles. The molecule has 1 N–H and O–H groups in total. The Morgan fingerprint density at radius 1 is 1.50 bits per heavy atom. The van der Waals surface area contributed by atoms with Crippen LogP contribution in [0.5, 0.6) is 0 Å². The summed E-state index contributed by atoms with van der Waals surface area (Å²) in [6, 6.07) is 7.66. The molecule has 1 aromatic rings. The van der Waals surface area contributed by atoms with Gasteiger partial charge in [-0.05, 0) is 30.7 Å². The molecule has 0 radical (unpaired) electrons. The van der Waals surface area contributed by atoms with Crippen molar-refractivity contribution < 1.29 is 14.6 Å². The molecule has 0 heterocycles. The van der Waals surface area contributed by atoms with Crippen LogP contribution in [0, 0.1) is 0 Å². The van der Waals surface area contributed by atoms with Gasteiger partial charge in [0.25, 0.3) is 0 Å². The van der Waals surface area contributed by atoms with Crippen molar-refractivity contribution in [1.82, 2.24) is 0 Å². The van der Waals surface area contributed by atoms with Crippen molar-refractivity contribution in [1.29, 1.82) is 0 Å². The molecule has 0 saturated carbocycles. The highest BCUT2D eigenvalue weighted by Crippen LogP contribution is 2.27. The zero-order valence-electron chi connectivity index (χ0n) is 8.85. The van der Waals surface area contributed by atoms with Crippen molar-refractivity contribution in [3.05, 3.63) is 28.7 Å². The Balaban J connectivity index is 2.67. The summed E-state index contributed by atoms with van der Waals surface area (Å²) in [4.78, 5) is 12.4. The van der Waals surface area contributed by atoms with Crippen molar-refractivity contribution in [2.45, 2.75) is 16.6 Å². The lowest BCUT2D eigenvalue weighted by atomic mass is 10.3. The van der Waals surface area contributed by atoms with E-state index in [-0.39, 0.29) is 17.8 Å². The molecule has 88 valence electrons. The van der Waals surface area contributed by atoms with Gasteiger partial charge in [-0.1, -0.05) is 15.9 Å². The van der Waals surface area contributed by atoms with Crippen molar-refractivity contribution in [3.8, 4) is 0 Å². The van der Waals surface area contributed by atoms with Crippen molar-refractivity contribution in [3.63, 3.8) is 0 Å². The second kappa shape index (κ2) is 6.93. The van der Waals surface area contributed by atoms with Gasteiger partial charge >= 0.3 is 5.97 Å². The molecule has 0 unspecified atom stereocenters. The monoisotopic (exact) mass is 304 g/mol. The van der Waals surface area contributed by atoms with E-state index in [2.05, 4.69) is 20.7 Å². The lowest BCUT2D eigenvalue weighted by Crippen LogP contribution is -2.19. The lowest BCUT2D eigenvalue weighted by molar-refractivity contribution is -0.140. The highest BCUT2D eigenvalue weighted by Gasteiger charge is 2.19. The first-order valence-corrected chi connectivity index (χ1v) is 6.45. The van der Waals surface area contributed by atoms with E-state index < -0.39 is 0 Å². The topological polar surface area (TPSA) is 46.5 Å². The summed E-state index contributed by atoms with van der Waals surface area (Å²) in [5, 5.41) is 8.52. The molecule has 1 atom stereocenters. The number of aliphatic hydroxyl groups is 1. The number of hydrogen-bond donors (Lipinski definition) is 1. The minimum atomic E-state index is -0.351. The molecule has 16 heavy (non-hydrogen) atoms. The summed E-state index contributed by atoms with van der Waals surface area (Å²) in [6.45, 7) is -0.0245. The van der Waals surface area contributed by atoms with Crippen LogP contribution in [0.3, 0.4) is 0 Å². The molecule has 0 saturated heterocycles. The Kier molecular flexibility index (Phi) is 5.87. The number of rotatable bonds is 5. The van der Waals surface area contributed by atoms with Crippen LogP contribution in [0.25, 0.3) is 0 Å². The maximum atomic E-state index is 11.4. The van der Waals surface area contributed by atoms with Crippen LogP contribution in [-0.2, 0) is 9.53 Å². The van der Waals surface area contributed by atoms with Gasteiger partial charge in [-0.15, -0.1) is 11.8 Å². The number of halogens is 1. The largest absolute Gasteiger partial charge is 0.468 e. The van der Waals surface area contributed by atoms with E-state index in [1.54, 1.807) is 0 Å². The van der Waals surface area contributed by atoms with Crippen LogP contribution in [0.4, 0.5) is 0 Å². The molecule has 0 bridgehead atoms. The van der Waals surface area contributed by atoms with Crippen molar-refractivity contribution >= 4 is 33.7 Å². The van der Waals surface area contributed by atoms with Gasteiger partial charge in [-0.3, -0.25) is 4.79 Å². The summed E-state index contributed by atoms with van der Waals surface area (Å²) < 4.78 is 5.67. The van der Waals surface area contributed by atoms with Gasteiger partial charge in [-0.2, -0.15) is 0 Å². The zero-order chi connectivity index (χ0) is 12.0. The average Bonchev–Trinajstić information content (AvgIpc) is 2.30. The molecule has 0 fully saturated rings. The number of benzene rings is 1. The number of methoxy groups -OCH3 is 1. The van der Waals surface area contributed by atoms with Crippen molar-refractivity contribution in [2.75, 3.05) is 13.7 Å². The molecule has 1 rings (SSSR count). The third-order valence-corrected chi connectivity index (χ3v) is 3.73. The number of carbonyl (C=O) groups is 1. The average molecular weight is 305 g/mol. The summed E-state index contributed by atoms with van der Waals surface area (Å²) in [5.74, 6) is -0.304. The number of thioether (sulfide) groups is 1. The minimum absolute atomic E-state index is 0.0245. The van der Waals surface area contributed by atoms with Gasteiger partial charge in [0.1, 0.15) is 5.25 Å². The summed E-state index contributed by atoms with van der Waals surface area (Å²) >= 11 is 4.74. The van der Waals surface area contributed by atoms with Gasteiger partial charge in [0.2, 0.25) is 0 Å². The van der Waals surface area contributed by atoms with Gasteiger partial charge in [0, 0.05) is 16.0 Å². The maximum Gasteiger partial charge on any atom is 0.319 e. The second-order valence-electron chi connectivity index (χ2n) is 3.10. The van der Waals surface area contributed by atoms with E-state index >= 15 is 0 Å². The van der Waals surface area contributed by atoms with Gasteiger partial charge in [-0.25, -0.2) is 0 Å². The fourth-order valence-corrected chi connectivity index (χ4v) is 2.45. The molecule has 5 heteroatoms. The fraction of sp³-hybridized carbons (Fsp3) is 0.364. The van der Waals surface area contributed by atoms with Crippen LogP contribution < -0.4 is 0 Å². The van der Waals surface area contributed by atoms with Crippen LogP contribution >= 0.6 is 27.7 Å². The smallest absolute Gasteiger partial charge is 0.319 e. The van der Waals surface area contributed by atoms with Gasteiger partial charge in [0.15, 0.2) is 0 Å². The SMILES string of the molecule is COC(=O)[C@@H](CCO)Sc1ccc(Br)cc1. The van der Waals surface area contributed by atoms with E-state index in [1.807, 2.05) is 24.3 Å². The second-order valence-corrected chi connectivity index (χ2v) is 5.29. The highest BCUT2D eigenvalue weighted by atomic mass is 79.9. The number of esters is 1. The molecule has 1 aromatic carbocycles. The van der Waals surface area contributed by atoms with Crippen LogP contribution in [0.1, 0.15) is 6.42 Å². The van der Waals surface area contributed by atoms with Crippen molar-refractivity contribution in [2.24, 2.45) is 0 Å². The molecule has 3 nitrogen and oxygen atoms in total. The number of carbonyl (C=O) groups excluding carboxylic acids is 1. The quantitative estimate of drug-likeness (QED) is 0.670. The summed E-state index contributed by atoms with van der Waals surface area (Å²) in [6.07, 6.45) is 0.396. The highest BCUT2D eigenvalue weighted by molar-refractivity contribution is 9.10. The number of hydrogen-bond acceptors (Lipinski definition) is 4. The number of aliphatic hydroxyl groups excluding tert-OH is 1. The fourth-order valence-electron chi connectivity index (χ4n) is 1.15. The summed E-state index contributed by atoms with van der Waals surface area (Å²) in [7, 11) is 1.36. The molecular formula is C11H13BrO3S. The molecule has 0 amide bonds. The first-order chi connectivity index (χ1) is 7.67. The van der Waals surface area contributed by atoms with E-state index in [4.69, 9.17) is 5.11 Å². The normalized spacial score (nSPS) is 12.2. The van der Waals surface area contributed by atoms with Crippen LogP contribution in [0.15, 0.2) is 33.6 Å². The minimum Gasteiger partial charge on any atom is -0.468 e. The predicted molar refractivity (Wildman–Crippen MR) is 67.5 cm³/mol. The summed E-state index contributed by atoms with van der Waals surface area (Å²) in [5.41, 5.74) is 0. The Bertz CT molecular complexity index is 340.